The predicted molar refractivity (Wildman–Crippen MR) is 92.9 cm³/mol. The second-order valence-corrected chi connectivity index (χ2v) is 7.69. The van der Waals surface area contributed by atoms with Crippen molar-refractivity contribution in [2.75, 3.05) is 11.4 Å². The molecule has 0 aromatic carbocycles. The van der Waals surface area contributed by atoms with Crippen LogP contribution < -0.4 is 4.90 Å². The Bertz CT molecular complexity index is 453. The molecule has 1 aromatic rings. The van der Waals surface area contributed by atoms with Crippen LogP contribution in [0.4, 0.5) is 5.82 Å². The molecule has 1 saturated carbocycles. The van der Waals surface area contributed by atoms with Crippen molar-refractivity contribution < 1.29 is 0 Å². The van der Waals surface area contributed by atoms with Crippen LogP contribution in [0.3, 0.4) is 0 Å². The van der Waals surface area contributed by atoms with Gasteiger partial charge in [-0.25, -0.2) is 9.97 Å². The Morgan fingerprint density at radius 2 is 1.86 bits per heavy atom. The first-order chi connectivity index (χ1) is 9.97. The first-order valence-corrected chi connectivity index (χ1v) is 9.07. The number of anilines is 1. The minimum Gasteiger partial charge on any atom is -0.353 e. The van der Waals surface area contributed by atoms with E-state index in [0.717, 1.165) is 28.7 Å². The largest absolute Gasteiger partial charge is 0.353 e. The Morgan fingerprint density at radius 3 is 2.43 bits per heavy atom. The maximum Gasteiger partial charge on any atom is 0.134 e. The normalized spacial score (nSPS) is 16.1. The molecule has 0 saturated heterocycles. The van der Waals surface area contributed by atoms with E-state index in [0.29, 0.717) is 12.0 Å². The van der Waals surface area contributed by atoms with E-state index in [-0.39, 0.29) is 0 Å². The Labute approximate surface area is 137 Å². The molecule has 0 amide bonds. The van der Waals surface area contributed by atoms with Gasteiger partial charge in [0.15, 0.2) is 0 Å². The topological polar surface area (TPSA) is 29.0 Å². The fourth-order valence-corrected chi connectivity index (χ4v) is 3.31. The third-order valence-corrected chi connectivity index (χ3v) is 4.63. The van der Waals surface area contributed by atoms with E-state index in [1.54, 1.807) is 0 Å². The van der Waals surface area contributed by atoms with Crippen LogP contribution in [0.1, 0.15) is 71.5 Å². The summed E-state index contributed by atoms with van der Waals surface area (Å²) in [7, 11) is 0. The van der Waals surface area contributed by atoms with Gasteiger partial charge in [-0.2, -0.15) is 0 Å². The van der Waals surface area contributed by atoms with Gasteiger partial charge in [0.1, 0.15) is 16.2 Å². The molecule has 0 atom stereocenters. The summed E-state index contributed by atoms with van der Waals surface area (Å²) < 4.78 is 0.906. The summed E-state index contributed by atoms with van der Waals surface area (Å²) >= 11 is 3.56. The van der Waals surface area contributed by atoms with E-state index < -0.39 is 0 Å². The summed E-state index contributed by atoms with van der Waals surface area (Å²) in [5.74, 6) is 3.13. The lowest BCUT2D eigenvalue weighted by atomic mass is 10.1. The first-order valence-electron chi connectivity index (χ1n) is 8.28. The zero-order chi connectivity index (χ0) is 15.4. The summed E-state index contributed by atoms with van der Waals surface area (Å²) in [4.78, 5) is 11.9. The van der Waals surface area contributed by atoms with Crippen LogP contribution in [0, 0.1) is 5.92 Å². The Balaban J connectivity index is 2.26. The van der Waals surface area contributed by atoms with Crippen molar-refractivity contribution in [2.45, 2.75) is 71.8 Å². The fourth-order valence-electron chi connectivity index (χ4n) is 2.93. The monoisotopic (exact) mass is 353 g/mol. The van der Waals surface area contributed by atoms with Gasteiger partial charge >= 0.3 is 0 Å². The second kappa shape index (κ2) is 7.57. The van der Waals surface area contributed by atoms with Crippen molar-refractivity contribution in [3.63, 3.8) is 0 Å². The lowest BCUT2D eigenvalue weighted by Gasteiger charge is -2.31. The summed E-state index contributed by atoms with van der Waals surface area (Å²) in [6.07, 6.45) is 6.53. The number of aromatic nitrogens is 2. The quantitative estimate of drug-likeness (QED) is 0.661. The molecule has 1 aliphatic carbocycles. The van der Waals surface area contributed by atoms with Crippen molar-refractivity contribution in [1.82, 2.24) is 9.97 Å². The molecule has 1 aliphatic rings. The van der Waals surface area contributed by atoms with Gasteiger partial charge < -0.3 is 4.90 Å². The molecule has 0 spiro atoms. The molecule has 2 rings (SSSR count). The molecule has 0 aliphatic heterocycles. The van der Waals surface area contributed by atoms with Gasteiger partial charge in [-0.3, -0.25) is 0 Å². The molecule has 21 heavy (non-hydrogen) atoms. The highest BCUT2D eigenvalue weighted by Crippen LogP contribution is 2.29. The minimum atomic E-state index is 0.358. The van der Waals surface area contributed by atoms with Crippen LogP contribution in [-0.2, 0) is 0 Å². The zero-order valence-electron chi connectivity index (χ0n) is 13.8. The Kier molecular flexibility index (Phi) is 6.03. The maximum atomic E-state index is 4.84. The van der Waals surface area contributed by atoms with Gasteiger partial charge in [0, 0.05) is 24.6 Å². The molecule has 1 fully saturated rings. The standard InChI is InChI=1S/C17H28BrN3/c1-12(2)9-10-21(14-7-5-6-8-14)16-11-15(18)19-17(20-16)13(3)4/h11-14H,5-10H2,1-4H3. The molecule has 1 heterocycles. The van der Waals surface area contributed by atoms with Crippen molar-refractivity contribution >= 4 is 21.7 Å². The number of nitrogens with zero attached hydrogens (tertiary/aromatic N) is 3. The molecule has 1 aromatic heterocycles. The summed E-state index contributed by atoms with van der Waals surface area (Å²) in [5, 5.41) is 0. The SMILES string of the molecule is CC(C)CCN(c1cc(Br)nc(C(C)C)n1)C1CCCC1. The van der Waals surface area contributed by atoms with Crippen molar-refractivity contribution in [3.8, 4) is 0 Å². The van der Waals surface area contributed by atoms with Gasteiger partial charge in [0.2, 0.25) is 0 Å². The highest BCUT2D eigenvalue weighted by atomic mass is 79.9. The van der Waals surface area contributed by atoms with Crippen LogP contribution in [0.2, 0.25) is 0 Å². The highest BCUT2D eigenvalue weighted by molar-refractivity contribution is 9.10. The van der Waals surface area contributed by atoms with Gasteiger partial charge in [-0.15, -0.1) is 0 Å². The van der Waals surface area contributed by atoms with Crippen LogP contribution in [0.25, 0.3) is 0 Å². The van der Waals surface area contributed by atoms with E-state index in [9.17, 15) is 0 Å². The van der Waals surface area contributed by atoms with Gasteiger partial charge in [-0.05, 0) is 41.1 Å². The number of hydrogen-bond donors (Lipinski definition) is 0. The van der Waals surface area contributed by atoms with E-state index in [1.165, 1.54) is 32.1 Å². The summed E-state index contributed by atoms with van der Waals surface area (Å²) in [5.41, 5.74) is 0. The Morgan fingerprint density at radius 1 is 1.19 bits per heavy atom. The van der Waals surface area contributed by atoms with Crippen molar-refractivity contribution in [3.05, 3.63) is 16.5 Å². The van der Waals surface area contributed by atoms with Gasteiger partial charge in [-0.1, -0.05) is 40.5 Å². The van der Waals surface area contributed by atoms with Crippen molar-refractivity contribution in [1.29, 1.82) is 0 Å². The fraction of sp³-hybridized carbons (Fsp3) is 0.765. The number of halogens is 1. The molecule has 118 valence electrons. The molecule has 3 nitrogen and oxygen atoms in total. The van der Waals surface area contributed by atoms with Gasteiger partial charge in [0.05, 0.1) is 0 Å². The van der Waals surface area contributed by atoms with Crippen molar-refractivity contribution in [2.24, 2.45) is 5.92 Å². The zero-order valence-corrected chi connectivity index (χ0v) is 15.4. The lowest BCUT2D eigenvalue weighted by molar-refractivity contribution is 0.523. The number of rotatable bonds is 6. The summed E-state index contributed by atoms with van der Waals surface area (Å²) in [6, 6.07) is 2.75. The van der Waals surface area contributed by atoms with Crippen LogP contribution >= 0.6 is 15.9 Å². The summed E-state index contributed by atoms with van der Waals surface area (Å²) in [6.45, 7) is 9.99. The van der Waals surface area contributed by atoms with Crippen LogP contribution in [-0.4, -0.2) is 22.6 Å². The Hall–Kier alpha value is -0.640. The average molecular weight is 354 g/mol. The minimum absolute atomic E-state index is 0.358. The molecule has 0 unspecified atom stereocenters. The third kappa shape index (κ3) is 4.67. The van der Waals surface area contributed by atoms with Crippen LogP contribution in [0.15, 0.2) is 10.7 Å². The third-order valence-electron chi connectivity index (χ3n) is 4.22. The van der Waals surface area contributed by atoms with E-state index >= 15 is 0 Å². The average Bonchev–Trinajstić information content (AvgIpc) is 2.92. The first kappa shape index (κ1) is 16.7. The molecular weight excluding hydrogens is 326 g/mol. The highest BCUT2D eigenvalue weighted by Gasteiger charge is 2.24. The van der Waals surface area contributed by atoms with Gasteiger partial charge in [0.25, 0.3) is 0 Å². The molecule has 4 heteroatoms. The molecule has 0 radical (unpaired) electrons. The second-order valence-electron chi connectivity index (χ2n) is 6.88. The smallest absolute Gasteiger partial charge is 0.134 e. The molecule has 0 N–H and O–H groups in total. The van der Waals surface area contributed by atoms with E-state index in [4.69, 9.17) is 4.98 Å². The lowest BCUT2D eigenvalue weighted by Crippen LogP contribution is -2.35. The van der Waals surface area contributed by atoms with Crippen LogP contribution in [0.5, 0.6) is 0 Å². The molecular formula is C17H28BrN3. The van der Waals surface area contributed by atoms with E-state index in [2.05, 4.69) is 59.6 Å². The maximum absolute atomic E-state index is 4.84. The van der Waals surface area contributed by atoms with E-state index in [1.807, 2.05) is 0 Å². The predicted octanol–water partition coefficient (Wildman–Crippen LogP) is 5.16. The number of hydrogen-bond acceptors (Lipinski definition) is 3. The molecule has 0 bridgehead atoms.